The predicted molar refractivity (Wildman–Crippen MR) is 76.7 cm³/mol. The molecule has 1 aliphatic carbocycles. The van der Waals surface area contributed by atoms with E-state index in [2.05, 4.69) is 27.0 Å². The molecule has 4 heteroatoms. The molecule has 0 unspecified atom stereocenters. The van der Waals surface area contributed by atoms with Crippen LogP contribution in [0.3, 0.4) is 0 Å². The second kappa shape index (κ2) is 5.29. The van der Waals surface area contributed by atoms with Crippen LogP contribution in [0.5, 0.6) is 0 Å². The Morgan fingerprint density at radius 1 is 1.44 bits per heavy atom. The molecule has 2 heterocycles. The third-order valence-corrected chi connectivity index (χ3v) is 5.30. The largest absolute Gasteiger partial charge is 0.329 e. The number of nitrogens with two attached hydrogens (primary N) is 1. The second-order valence-corrected chi connectivity index (χ2v) is 6.50. The lowest BCUT2D eigenvalue weighted by molar-refractivity contribution is 0.200. The molecular formula is C14H23N3S. The molecule has 1 aromatic heterocycles. The van der Waals surface area contributed by atoms with Crippen molar-refractivity contribution in [3.05, 3.63) is 22.4 Å². The summed E-state index contributed by atoms with van der Waals surface area (Å²) in [5.41, 5.74) is 7.86. The molecule has 0 bridgehead atoms. The van der Waals surface area contributed by atoms with Gasteiger partial charge in [-0.2, -0.15) is 11.3 Å². The number of hydrogen-bond donors (Lipinski definition) is 2. The summed E-state index contributed by atoms with van der Waals surface area (Å²) < 4.78 is 0. The van der Waals surface area contributed by atoms with Crippen LogP contribution in [0.2, 0.25) is 0 Å². The van der Waals surface area contributed by atoms with Crippen molar-refractivity contribution >= 4 is 11.3 Å². The van der Waals surface area contributed by atoms with Crippen molar-refractivity contribution in [3.63, 3.8) is 0 Å². The van der Waals surface area contributed by atoms with E-state index in [-0.39, 0.29) is 0 Å². The van der Waals surface area contributed by atoms with E-state index < -0.39 is 0 Å². The highest BCUT2D eigenvalue weighted by Gasteiger charge is 2.56. The van der Waals surface area contributed by atoms with Crippen LogP contribution >= 0.6 is 11.3 Å². The SMILES string of the molecule is NCCN(Cc1ccsc1)[C@H]1CC12CCNCC2. The van der Waals surface area contributed by atoms with Crippen LogP contribution in [0.25, 0.3) is 0 Å². The molecule has 1 spiro atoms. The molecule has 1 aliphatic heterocycles. The maximum Gasteiger partial charge on any atom is 0.0245 e. The fourth-order valence-corrected chi connectivity index (χ4v) is 4.09. The van der Waals surface area contributed by atoms with Crippen LogP contribution in [-0.4, -0.2) is 37.1 Å². The Morgan fingerprint density at radius 3 is 2.94 bits per heavy atom. The van der Waals surface area contributed by atoms with Gasteiger partial charge < -0.3 is 11.1 Å². The summed E-state index contributed by atoms with van der Waals surface area (Å²) in [5.74, 6) is 0. The minimum absolute atomic E-state index is 0.621. The topological polar surface area (TPSA) is 41.3 Å². The molecule has 1 atom stereocenters. The maximum atomic E-state index is 5.79. The number of piperidine rings is 1. The zero-order valence-electron chi connectivity index (χ0n) is 10.9. The molecule has 18 heavy (non-hydrogen) atoms. The first-order chi connectivity index (χ1) is 8.84. The van der Waals surface area contributed by atoms with Gasteiger partial charge in [-0.25, -0.2) is 0 Å². The zero-order chi connectivity index (χ0) is 12.4. The van der Waals surface area contributed by atoms with Crippen molar-refractivity contribution in [1.82, 2.24) is 10.2 Å². The van der Waals surface area contributed by atoms with Crippen molar-refractivity contribution in [3.8, 4) is 0 Å². The van der Waals surface area contributed by atoms with Crippen molar-refractivity contribution in [2.24, 2.45) is 11.1 Å². The van der Waals surface area contributed by atoms with E-state index in [0.29, 0.717) is 5.41 Å². The molecule has 3 N–H and O–H groups in total. The summed E-state index contributed by atoms with van der Waals surface area (Å²) in [6, 6.07) is 3.02. The lowest BCUT2D eigenvalue weighted by atomic mass is 9.93. The first kappa shape index (κ1) is 12.6. The Bertz CT molecular complexity index is 370. The Labute approximate surface area is 113 Å². The lowest BCUT2D eigenvalue weighted by Crippen LogP contribution is -2.38. The molecule has 0 amide bonds. The molecule has 0 radical (unpaired) electrons. The van der Waals surface area contributed by atoms with E-state index in [9.17, 15) is 0 Å². The zero-order valence-corrected chi connectivity index (χ0v) is 11.7. The van der Waals surface area contributed by atoms with Gasteiger partial charge in [0.05, 0.1) is 0 Å². The number of hydrogen-bond acceptors (Lipinski definition) is 4. The molecule has 3 rings (SSSR count). The molecule has 0 aromatic carbocycles. The molecule has 1 saturated heterocycles. The summed E-state index contributed by atoms with van der Waals surface area (Å²) in [6.07, 6.45) is 4.09. The maximum absolute atomic E-state index is 5.79. The van der Waals surface area contributed by atoms with Crippen LogP contribution in [0.15, 0.2) is 16.8 Å². The molecule has 2 aliphatic rings. The van der Waals surface area contributed by atoms with E-state index in [0.717, 1.165) is 25.7 Å². The molecule has 100 valence electrons. The van der Waals surface area contributed by atoms with Crippen LogP contribution < -0.4 is 11.1 Å². The Kier molecular flexibility index (Phi) is 3.71. The van der Waals surface area contributed by atoms with E-state index in [1.807, 2.05) is 0 Å². The molecule has 1 saturated carbocycles. The van der Waals surface area contributed by atoms with Gasteiger partial charge in [-0.15, -0.1) is 0 Å². The molecule has 1 aromatic rings. The fraction of sp³-hybridized carbons (Fsp3) is 0.714. The van der Waals surface area contributed by atoms with Crippen molar-refractivity contribution < 1.29 is 0 Å². The smallest absolute Gasteiger partial charge is 0.0245 e. The van der Waals surface area contributed by atoms with Crippen molar-refractivity contribution in [1.29, 1.82) is 0 Å². The Balaban J connectivity index is 1.64. The fourth-order valence-electron chi connectivity index (χ4n) is 3.43. The van der Waals surface area contributed by atoms with Gasteiger partial charge in [0, 0.05) is 25.7 Å². The number of nitrogens with one attached hydrogen (secondary N) is 1. The highest BCUT2D eigenvalue weighted by Crippen LogP contribution is 2.55. The monoisotopic (exact) mass is 265 g/mol. The number of rotatable bonds is 5. The quantitative estimate of drug-likeness (QED) is 0.850. The highest BCUT2D eigenvalue weighted by atomic mass is 32.1. The van der Waals surface area contributed by atoms with Gasteiger partial charge >= 0.3 is 0 Å². The van der Waals surface area contributed by atoms with E-state index in [4.69, 9.17) is 5.73 Å². The minimum atomic E-state index is 0.621. The average molecular weight is 265 g/mol. The number of thiophene rings is 1. The van der Waals surface area contributed by atoms with Gasteiger partial charge in [0.2, 0.25) is 0 Å². The third kappa shape index (κ3) is 2.48. The van der Waals surface area contributed by atoms with Gasteiger partial charge in [-0.3, -0.25) is 4.90 Å². The van der Waals surface area contributed by atoms with E-state index in [1.165, 1.54) is 37.9 Å². The summed E-state index contributed by atoms with van der Waals surface area (Å²) >= 11 is 1.79. The summed E-state index contributed by atoms with van der Waals surface area (Å²) in [5, 5.41) is 7.91. The van der Waals surface area contributed by atoms with Crippen molar-refractivity contribution in [2.75, 3.05) is 26.2 Å². The third-order valence-electron chi connectivity index (χ3n) is 4.57. The van der Waals surface area contributed by atoms with Gasteiger partial charge in [0.25, 0.3) is 0 Å². The Hall–Kier alpha value is -0.420. The van der Waals surface area contributed by atoms with Gasteiger partial charge in [0.15, 0.2) is 0 Å². The average Bonchev–Trinajstić information content (AvgIpc) is 2.85. The first-order valence-electron chi connectivity index (χ1n) is 7.00. The highest BCUT2D eigenvalue weighted by molar-refractivity contribution is 7.07. The van der Waals surface area contributed by atoms with Gasteiger partial charge in [0.1, 0.15) is 0 Å². The van der Waals surface area contributed by atoms with Crippen LogP contribution in [0.1, 0.15) is 24.8 Å². The second-order valence-electron chi connectivity index (χ2n) is 5.72. The molecule has 3 nitrogen and oxygen atoms in total. The summed E-state index contributed by atoms with van der Waals surface area (Å²) in [4.78, 5) is 2.62. The first-order valence-corrected chi connectivity index (χ1v) is 7.94. The number of nitrogens with zero attached hydrogens (tertiary/aromatic N) is 1. The Morgan fingerprint density at radius 2 is 2.28 bits per heavy atom. The van der Waals surface area contributed by atoms with E-state index in [1.54, 1.807) is 11.3 Å². The summed E-state index contributed by atoms with van der Waals surface area (Å²) in [6.45, 7) is 5.29. The van der Waals surface area contributed by atoms with Gasteiger partial charge in [-0.05, 0) is 60.2 Å². The van der Waals surface area contributed by atoms with Crippen LogP contribution in [-0.2, 0) is 6.54 Å². The molecule has 2 fully saturated rings. The van der Waals surface area contributed by atoms with E-state index >= 15 is 0 Å². The molecular weight excluding hydrogens is 242 g/mol. The predicted octanol–water partition coefficient (Wildman–Crippen LogP) is 1.65. The summed E-state index contributed by atoms with van der Waals surface area (Å²) in [7, 11) is 0. The van der Waals surface area contributed by atoms with Crippen molar-refractivity contribution in [2.45, 2.75) is 31.8 Å². The standard InChI is InChI=1S/C14H23N3S/c15-4-7-17(10-12-1-8-18-11-12)13-9-14(13)2-5-16-6-3-14/h1,8,11,13,16H,2-7,9-10,15H2/t13-/m0/s1. The van der Waals surface area contributed by atoms with Crippen LogP contribution in [0.4, 0.5) is 0 Å². The van der Waals surface area contributed by atoms with Gasteiger partial charge in [-0.1, -0.05) is 0 Å². The minimum Gasteiger partial charge on any atom is -0.329 e. The normalized spacial score (nSPS) is 25.8. The lowest BCUT2D eigenvalue weighted by Gasteiger charge is -2.29. The van der Waals surface area contributed by atoms with Crippen LogP contribution in [0, 0.1) is 5.41 Å².